The highest BCUT2D eigenvalue weighted by atomic mass is 35.5. The van der Waals surface area contributed by atoms with Crippen LogP contribution < -0.4 is 5.32 Å². The lowest BCUT2D eigenvalue weighted by atomic mass is 10.2. The molecule has 0 aliphatic carbocycles. The molecule has 7 heteroatoms. The van der Waals surface area contributed by atoms with E-state index < -0.39 is 0 Å². The average molecular weight is 393 g/mol. The number of rotatable bonds is 5. The number of nitrogens with zero attached hydrogens (tertiary/aromatic N) is 1. The minimum Gasteiger partial charge on any atom is -0.451 e. The maximum absolute atomic E-state index is 12.5. The van der Waals surface area contributed by atoms with E-state index in [0.717, 1.165) is 37.3 Å². The van der Waals surface area contributed by atoms with E-state index in [9.17, 15) is 4.79 Å². The first-order chi connectivity index (χ1) is 12.3. The summed E-state index contributed by atoms with van der Waals surface area (Å²) in [6, 6.07) is 13.8. The van der Waals surface area contributed by atoms with Crippen molar-refractivity contribution in [2.45, 2.75) is 6.04 Å². The largest absolute Gasteiger partial charge is 0.451 e. The van der Waals surface area contributed by atoms with E-state index in [2.05, 4.69) is 27.7 Å². The Hall–Kier alpha value is -1.86. The second kappa shape index (κ2) is 8.68. The van der Waals surface area contributed by atoms with E-state index in [4.69, 9.17) is 9.15 Å². The summed E-state index contributed by atoms with van der Waals surface area (Å²) in [7, 11) is 0. The van der Waals surface area contributed by atoms with Gasteiger partial charge < -0.3 is 14.5 Å². The van der Waals surface area contributed by atoms with Crippen molar-refractivity contribution in [2.24, 2.45) is 0 Å². The number of amides is 1. The predicted octanol–water partition coefficient (Wildman–Crippen LogP) is 3.72. The summed E-state index contributed by atoms with van der Waals surface area (Å²) in [5, 5.41) is 6.05. The quantitative estimate of drug-likeness (QED) is 0.719. The minimum atomic E-state index is -0.175. The van der Waals surface area contributed by atoms with Crippen LogP contribution in [0.4, 0.5) is 0 Å². The number of halogens is 1. The highest BCUT2D eigenvalue weighted by molar-refractivity contribution is 7.10. The molecule has 1 N–H and O–H groups in total. The van der Waals surface area contributed by atoms with Crippen molar-refractivity contribution in [3.8, 4) is 0 Å². The van der Waals surface area contributed by atoms with Gasteiger partial charge in [-0.25, -0.2) is 0 Å². The molecule has 1 aromatic carbocycles. The Morgan fingerprint density at radius 2 is 2.00 bits per heavy atom. The summed E-state index contributed by atoms with van der Waals surface area (Å²) in [5.74, 6) is 0.180. The molecule has 4 rings (SSSR count). The van der Waals surface area contributed by atoms with Crippen molar-refractivity contribution >= 4 is 40.6 Å². The number of carbonyl (C=O) groups excluding carboxylic acids is 1. The molecular formula is C19H21ClN2O3S. The van der Waals surface area contributed by atoms with Crippen LogP contribution in [0.1, 0.15) is 21.5 Å². The van der Waals surface area contributed by atoms with Crippen molar-refractivity contribution in [2.75, 3.05) is 32.8 Å². The molecule has 0 saturated carbocycles. The van der Waals surface area contributed by atoms with E-state index in [1.807, 2.05) is 24.3 Å². The summed E-state index contributed by atoms with van der Waals surface area (Å²) in [5.41, 5.74) is 0.732. The molecule has 0 bridgehead atoms. The third-order valence-electron chi connectivity index (χ3n) is 4.46. The summed E-state index contributed by atoms with van der Waals surface area (Å²) in [6.07, 6.45) is 0. The monoisotopic (exact) mass is 392 g/mol. The molecule has 0 spiro atoms. The number of morpholine rings is 1. The van der Waals surface area contributed by atoms with Gasteiger partial charge >= 0.3 is 0 Å². The van der Waals surface area contributed by atoms with Crippen molar-refractivity contribution < 1.29 is 13.9 Å². The maximum atomic E-state index is 12.5. The zero-order valence-corrected chi connectivity index (χ0v) is 15.9. The molecule has 1 aliphatic heterocycles. The summed E-state index contributed by atoms with van der Waals surface area (Å²) < 4.78 is 11.1. The van der Waals surface area contributed by atoms with Gasteiger partial charge in [-0.1, -0.05) is 24.3 Å². The lowest BCUT2D eigenvalue weighted by Gasteiger charge is -2.34. The molecule has 26 heavy (non-hydrogen) atoms. The van der Waals surface area contributed by atoms with Gasteiger partial charge in [-0.05, 0) is 23.6 Å². The molecule has 1 atom stereocenters. The first kappa shape index (κ1) is 18.9. The molecule has 1 fully saturated rings. The first-order valence-electron chi connectivity index (χ1n) is 8.43. The van der Waals surface area contributed by atoms with Gasteiger partial charge in [-0.3, -0.25) is 9.69 Å². The molecule has 1 amide bonds. The lowest BCUT2D eigenvalue weighted by molar-refractivity contribution is 0.0169. The van der Waals surface area contributed by atoms with Crippen molar-refractivity contribution in [3.05, 3.63) is 58.5 Å². The number of hydrogen-bond acceptors (Lipinski definition) is 5. The number of hydrogen-bond donors (Lipinski definition) is 1. The third-order valence-corrected chi connectivity index (χ3v) is 5.44. The number of ether oxygens (including phenoxy) is 1. The maximum Gasteiger partial charge on any atom is 0.287 e. The van der Waals surface area contributed by atoms with Crippen LogP contribution in [0.3, 0.4) is 0 Å². The van der Waals surface area contributed by atoms with Crippen molar-refractivity contribution in [1.82, 2.24) is 10.2 Å². The van der Waals surface area contributed by atoms with Gasteiger partial charge in [0.25, 0.3) is 5.91 Å². The fourth-order valence-electron chi connectivity index (χ4n) is 3.15. The third kappa shape index (κ3) is 4.10. The van der Waals surface area contributed by atoms with E-state index >= 15 is 0 Å². The second-order valence-electron chi connectivity index (χ2n) is 6.04. The smallest absolute Gasteiger partial charge is 0.287 e. The standard InChI is InChI=1S/C19H20N2O3S.ClH/c22-19(17-12-14-4-1-2-5-16(14)24-17)20-13-15(18-6-3-11-25-18)21-7-9-23-10-8-21;/h1-6,11-12,15H,7-10,13H2,(H,20,22);1H. The Kier molecular flexibility index (Phi) is 6.32. The minimum absolute atomic E-state index is 0. The molecule has 3 aromatic rings. The van der Waals surface area contributed by atoms with E-state index in [1.165, 1.54) is 4.88 Å². The van der Waals surface area contributed by atoms with Gasteiger partial charge in [0.15, 0.2) is 5.76 Å². The normalized spacial score (nSPS) is 16.2. The van der Waals surface area contributed by atoms with Crippen LogP contribution in [-0.4, -0.2) is 43.7 Å². The van der Waals surface area contributed by atoms with Crippen molar-refractivity contribution in [1.29, 1.82) is 0 Å². The predicted molar refractivity (Wildman–Crippen MR) is 105 cm³/mol. The topological polar surface area (TPSA) is 54.7 Å². The van der Waals surface area contributed by atoms with Crippen LogP contribution in [0.2, 0.25) is 0 Å². The summed E-state index contributed by atoms with van der Waals surface area (Å²) in [6.45, 7) is 3.78. The zero-order chi connectivity index (χ0) is 17.1. The first-order valence-corrected chi connectivity index (χ1v) is 9.31. The number of thiophene rings is 1. The Bertz CT molecular complexity index is 810. The molecule has 0 radical (unpaired) electrons. The molecule has 3 heterocycles. The van der Waals surface area contributed by atoms with Crippen LogP contribution in [-0.2, 0) is 4.74 Å². The van der Waals surface area contributed by atoms with Gasteiger partial charge in [-0.2, -0.15) is 0 Å². The van der Waals surface area contributed by atoms with Gasteiger partial charge in [-0.15, -0.1) is 23.7 Å². The SMILES string of the molecule is Cl.O=C(NCC(c1cccs1)N1CCOCC1)c1cc2ccccc2o1. The average Bonchev–Trinajstić information content (AvgIpc) is 3.32. The fraction of sp³-hybridized carbons (Fsp3) is 0.316. The zero-order valence-electron chi connectivity index (χ0n) is 14.2. The number of carbonyl (C=O) groups is 1. The van der Waals surface area contributed by atoms with Crippen LogP contribution in [0.5, 0.6) is 0 Å². The lowest BCUT2D eigenvalue weighted by Crippen LogP contribution is -2.43. The molecule has 1 saturated heterocycles. The summed E-state index contributed by atoms with van der Waals surface area (Å²) in [4.78, 5) is 16.2. The van der Waals surface area contributed by atoms with Crippen LogP contribution >= 0.6 is 23.7 Å². The van der Waals surface area contributed by atoms with Crippen molar-refractivity contribution in [3.63, 3.8) is 0 Å². The molecule has 1 unspecified atom stereocenters. The number of nitrogens with one attached hydrogen (secondary N) is 1. The van der Waals surface area contributed by atoms with E-state index in [0.29, 0.717) is 12.3 Å². The van der Waals surface area contributed by atoms with Gasteiger partial charge in [0.1, 0.15) is 5.58 Å². The molecular weight excluding hydrogens is 372 g/mol. The van der Waals surface area contributed by atoms with Crippen LogP contribution in [0.25, 0.3) is 11.0 Å². The molecule has 138 valence electrons. The molecule has 5 nitrogen and oxygen atoms in total. The number of furan rings is 1. The Morgan fingerprint density at radius 1 is 1.19 bits per heavy atom. The van der Waals surface area contributed by atoms with Gasteiger partial charge in [0.2, 0.25) is 0 Å². The van der Waals surface area contributed by atoms with Gasteiger partial charge in [0.05, 0.1) is 19.3 Å². The van der Waals surface area contributed by atoms with Gasteiger partial charge in [0, 0.05) is 29.9 Å². The molecule has 2 aromatic heterocycles. The Balaban J connectivity index is 0.00000196. The highest BCUT2D eigenvalue weighted by Crippen LogP contribution is 2.26. The Labute approximate surface area is 162 Å². The van der Waals surface area contributed by atoms with E-state index in [1.54, 1.807) is 17.4 Å². The van der Waals surface area contributed by atoms with E-state index in [-0.39, 0.29) is 24.4 Å². The van der Waals surface area contributed by atoms with Crippen LogP contribution in [0, 0.1) is 0 Å². The Morgan fingerprint density at radius 3 is 2.73 bits per heavy atom. The second-order valence-corrected chi connectivity index (χ2v) is 7.02. The number of fused-ring (bicyclic) bond motifs is 1. The number of benzene rings is 1. The fourth-order valence-corrected chi connectivity index (χ4v) is 4.01. The van der Waals surface area contributed by atoms with Crippen LogP contribution in [0.15, 0.2) is 52.3 Å². The summed E-state index contributed by atoms with van der Waals surface area (Å²) >= 11 is 1.72. The number of para-hydroxylation sites is 1. The molecule has 1 aliphatic rings. The highest BCUT2D eigenvalue weighted by Gasteiger charge is 2.24.